The monoisotopic (exact) mass is 240 g/mol. The summed E-state index contributed by atoms with van der Waals surface area (Å²) >= 11 is 7.33. The van der Waals surface area contributed by atoms with Gasteiger partial charge in [0.1, 0.15) is 15.8 Å². The molecule has 0 unspecified atom stereocenters. The molecule has 0 fully saturated rings. The standard InChI is InChI=1S/C10H9ClN2OS/c1-14-8-3-2-6(11)4-7(8)10-13-5-9(12)15-10/h2-5H,12H2,1H3. The van der Waals surface area contributed by atoms with E-state index in [9.17, 15) is 0 Å². The van der Waals surface area contributed by atoms with Crippen molar-refractivity contribution in [2.75, 3.05) is 12.8 Å². The van der Waals surface area contributed by atoms with E-state index in [4.69, 9.17) is 22.1 Å². The van der Waals surface area contributed by atoms with Crippen molar-refractivity contribution in [3.63, 3.8) is 0 Å². The molecule has 1 heterocycles. The van der Waals surface area contributed by atoms with Crippen LogP contribution in [0.2, 0.25) is 5.02 Å². The van der Waals surface area contributed by atoms with Gasteiger partial charge in [0.15, 0.2) is 0 Å². The highest BCUT2D eigenvalue weighted by atomic mass is 35.5. The van der Waals surface area contributed by atoms with Crippen LogP contribution in [0.3, 0.4) is 0 Å². The molecule has 2 rings (SSSR count). The number of benzene rings is 1. The van der Waals surface area contributed by atoms with E-state index in [-0.39, 0.29) is 0 Å². The smallest absolute Gasteiger partial charge is 0.129 e. The summed E-state index contributed by atoms with van der Waals surface area (Å²) in [7, 11) is 1.61. The first-order valence-corrected chi connectivity index (χ1v) is 5.45. The zero-order valence-corrected chi connectivity index (χ0v) is 9.60. The molecule has 0 aliphatic heterocycles. The van der Waals surface area contributed by atoms with Crippen LogP contribution >= 0.6 is 22.9 Å². The highest BCUT2D eigenvalue weighted by Crippen LogP contribution is 2.35. The van der Waals surface area contributed by atoms with Crippen LogP contribution in [0.4, 0.5) is 5.00 Å². The Morgan fingerprint density at radius 3 is 2.87 bits per heavy atom. The molecule has 2 N–H and O–H groups in total. The number of hydrogen-bond donors (Lipinski definition) is 1. The maximum absolute atomic E-state index is 5.92. The van der Waals surface area contributed by atoms with Crippen molar-refractivity contribution in [2.24, 2.45) is 0 Å². The van der Waals surface area contributed by atoms with Crippen LogP contribution in [-0.2, 0) is 0 Å². The van der Waals surface area contributed by atoms with Gasteiger partial charge >= 0.3 is 0 Å². The molecule has 0 bridgehead atoms. The van der Waals surface area contributed by atoms with E-state index >= 15 is 0 Å². The molecule has 0 amide bonds. The molecule has 3 nitrogen and oxygen atoms in total. The fraction of sp³-hybridized carbons (Fsp3) is 0.100. The van der Waals surface area contributed by atoms with Crippen LogP contribution < -0.4 is 10.5 Å². The number of nitrogens with zero attached hydrogens (tertiary/aromatic N) is 1. The zero-order valence-electron chi connectivity index (χ0n) is 8.03. The average molecular weight is 241 g/mol. The van der Waals surface area contributed by atoms with E-state index in [2.05, 4.69) is 4.98 Å². The largest absolute Gasteiger partial charge is 0.496 e. The van der Waals surface area contributed by atoms with Gasteiger partial charge in [-0.1, -0.05) is 22.9 Å². The maximum Gasteiger partial charge on any atom is 0.129 e. The van der Waals surface area contributed by atoms with Crippen molar-refractivity contribution >= 4 is 27.9 Å². The topological polar surface area (TPSA) is 48.1 Å². The lowest BCUT2D eigenvalue weighted by Gasteiger charge is -2.05. The third-order valence-electron chi connectivity index (χ3n) is 1.92. The number of hydrogen-bond acceptors (Lipinski definition) is 4. The Balaban J connectivity index is 2.55. The van der Waals surface area contributed by atoms with Gasteiger partial charge in [-0.15, -0.1) is 0 Å². The van der Waals surface area contributed by atoms with Crippen LogP contribution in [0.5, 0.6) is 5.75 Å². The van der Waals surface area contributed by atoms with Crippen LogP contribution in [0.25, 0.3) is 10.6 Å². The molecular weight excluding hydrogens is 232 g/mol. The number of methoxy groups -OCH3 is 1. The van der Waals surface area contributed by atoms with Gasteiger partial charge < -0.3 is 10.5 Å². The van der Waals surface area contributed by atoms with Gasteiger partial charge in [0.25, 0.3) is 0 Å². The first kappa shape index (κ1) is 10.3. The van der Waals surface area contributed by atoms with Crippen LogP contribution in [0, 0.1) is 0 Å². The van der Waals surface area contributed by atoms with Crippen molar-refractivity contribution in [1.82, 2.24) is 4.98 Å². The number of nitrogen functional groups attached to an aromatic ring is 1. The lowest BCUT2D eigenvalue weighted by Crippen LogP contribution is -1.86. The number of rotatable bonds is 2. The Kier molecular flexibility index (Phi) is 2.79. The van der Waals surface area contributed by atoms with Crippen molar-refractivity contribution in [1.29, 1.82) is 0 Å². The van der Waals surface area contributed by atoms with Gasteiger partial charge in [-0.05, 0) is 18.2 Å². The molecule has 0 saturated heterocycles. The molecule has 2 aromatic rings. The highest BCUT2D eigenvalue weighted by molar-refractivity contribution is 7.18. The molecule has 0 spiro atoms. The second kappa shape index (κ2) is 4.08. The highest BCUT2D eigenvalue weighted by Gasteiger charge is 2.09. The SMILES string of the molecule is COc1ccc(Cl)cc1-c1ncc(N)s1. The maximum atomic E-state index is 5.92. The molecule has 5 heteroatoms. The van der Waals surface area contributed by atoms with E-state index in [1.807, 2.05) is 12.1 Å². The lowest BCUT2D eigenvalue weighted by atomic mass is 10.2. The van der Waals surface area contributed by atoms with Crippen LogP contribution in [0.1, 0.15) is 0 Å². The first-order chi connectivity index (χ1) is 7.20. The molecule has 0 aliphatic carbocycles. The minimum Gasteiger partial charge on any atom is -0.496 e. The fourth-order valence-corrected chi connectivity index (χ4v) is 2.13. The van der Waals surface area contributed by atoms with Gasteiger partial charge in [-0.2, -0.15) is 0 Å². The summed E-state index contributed by atoms with van der Waals surface area (Å²) in [5, 5.41) is 2.14. The average Bonchev–Trinajstić information content (AvgIpc) is 2.65. The number of nitrogens with two attached hydrogens (primary N) is 1. The number of ether oxygens (including phenoxy) is 1. The predicted molar refractivity (Wildman–Crippen MR) is 63.5 cm³/mol. The number of anilines is 1. The summed E-state index contributed by atoms with van der Waals surface area (Å²) in [6.07, 6.45) is 1.63. The van der Waals surface area contributed by atoms with Gasteiger partial charge in [0, 0.05) is 5.02 Å². The number of thiazole rings is 1. The van der Waals surface area contributed by atoms with Crippen molar-refractivity contribution < 1.29 is 4.74 Å². The summed E-state index contributed by atoms with van der Waals surface area (Å²) in [6, 6.07) is 5.41. The Morgan fingerprint density at radius 1 is 1.47 bits per heavy atom. The van der Waals surface area contributed by atoms with Crippen molar-refractivity contribution in [2.45, 2.75) is 0 Å². The van der Waals surface area contributed by atoms with Gasteiger partial charge in [0.2, 0.25) is 0 Å². The summed E-state index contributed by atoms with van der Waals surface area (Å²) in [4.78, 5) is 4.19. The minimum atomic E-state index is 0.652. The van der Waals surface area contributed by atoms with Crippen molar-refractivity contribution in [3.05, 3.63) is 29.4 Å². The summed E-state index contributed by atoms with van der Waals surface area (Å²) < 4.78 is 5.23. The molecular formula is C10H9ClN2OS. The molecule has 0 aliphatic rings. The minimum absolute atomic E-state index is 0.652. The third-order valence-corrected chi connectivity index (χ3v) is 3.01. The molecule has 1 aromatic heterocycles. The van der Waals surface area contributed by atoms with Gasteiger partial charge in [-0.3, -0.25) is 0 Å². The number of halogens is 1. The lowest BCUT2D eigenvalue weighted by molar-refractivity contribution is 0.416. The predicted octanol–water partition coefficient (Wildman–Crippen LogP) is 3.05. The Hall–Kier alpha value is -1.26. The summed E-state index contributed by atoms with van der Waals surface area (Å²) in [5.74, 6) is 0.744. The van der Waals surface area contributed by atoms with Crippen LogP contribution in [-0.4, -0.2) is 12.1 Å². The summed E-state index contributed by atoms with van der Waals surface area (Å²) in [6.45, 7) is 0. The molecule has 0 atom stereocenters. The van der Waals surface area contributed by atoms with Crippen molar-refractivity contribution in [3.8, 4) is 16.3 Å². The normalized spacial score (nSPS) is 10.3. The van der Waals surface area contributed by atoms with E-state index in [0.717, 1.165) is 16.3 Å². The van der Waals surface area contributed by atoms with Crippen LogP contribution in [0.15, 0.2) is 24.4 Å². The molecule has 78 valence electrons. The second-order valence-electron chi connectivity index (χ2n) is 2.91. The third kappa shape index (κ3) is 2.06. The van der Waals surface area contributed by atoms with Gasteiger partial charge in [0.05, 0.1) is 18.9 Å². The molecule has 0 saturated carbocycles. The summed E-state index contributed by atoms with van der Waals surface area (Å²) in [5.41, 5.74) is 6.50. The first-order valence-electron chi connectivity index (χ1n) is 4.26. The Morgan fingerprint density at radius 2 is 2.27 bits per heavy atom. The Labute approximate surface area is 96.5 Å². The van der Waals surface area contributed by atoms with Gasteiger partial charge in [-0.25, -0.2) is 4.98 Å². The fourth-order valence-electron chi connectivity index (χ4n) is 1.26. The Bertz CT molecular complexity index is 484. The molecule has 15 heavy (non-hydrogen) atoms. The van der Waals surface area contributed by atoms with E-state index in [1.165, 1.54) is 11.3 Å². The zero-order chi connectivity index (χ0) is 10.8. The number of aromatic nitrogens is 1. The van der Waals surface area contributed by atoms with E-state index < -0.39 is 0 Å². The second-order valence-corrected chi connectivity index (χ2v) is 4.41. The molecule has 0 radical (unpaired) electrons. The van der Waals surface area contributed by atoms with E-state index in [1.54, 1.807) is 19.4 Å². The molecule has 1 aromatic carbocycles. The van der Waals surface area contributed by atoms with E-state index in [0.29, 0.717) is 10.0 Å². The quantitative estimate of drug-likeness (QED) is 0.878.